The summed E-state index contributed by atoms with van der Waals surface area (Å²) >= 11 is 9.52. The standard InChI is InChI=1S/C31H27BrClFN2O5S/c1-3-41-31(38)23-11-7-21(8-12-23)18-36(19-22-9-13-24(32)14-10-22)42(39,40)25-15-16-28(34)26(17-25)30(37)35-29-6-4-5-27(33)20(29)2/h4-17H,3,18-19H2,1-2H3,(H,35,37). The van der Waals surface area contributed by atoms with E-state index < -0.39 is 33.3 Å². The molecule has 0 bridgehead atoms. The summed E-state index contributed by atoms with van der Waals surface area (Å²) in [6, 6.07) is 21.6. The number of rotatable bonds is 10. The first kappa shape index (κ1) is 31.4. The summed E-state index contributed by atoms with van der Waals surface area (Å²) in [7, 11) is -4.24. The highest BCUT2D eigenvalue weighted by Crippen LogP contribution is 2.27. The van der Waals surface area contributed by atoms with Gasteiger partial charge in [-0.25, -0.2) is 17.6 Å². The van der Waals surface area contributed by atoms with Crippen molar-refractivity contribution in [2.24, 2.45) is 0 Å². The molecule has 1 N–H and O–H groups in total. The van der Waals surface area contributed by atoms with Crippen molar-refractivity contribution < 1.29 is 27.1 Å². The molecule has 0 aliphatic rings. The maximum Gasteiger partial charge on any atom is 0.338 e. The number of benzene rings is 4. The smallest absolute Gasteiger partial charge is 0.338 e. The molecule has 0 spiro atoms. The first-order chi connectivity index (χ1) is 20.0. The second-order valence-corrected chi connectivity index (χ2v) is 12.6. The van der Waals surface area contributed by atoms with Crippen molar-refractivity contribution in [1.82, 2.24) is 4.31 Å². The number of carbonyl (C=O) groups is 2. The monoisotopic (exact) mass is 672 g/mol. The van der Waals surface area contributed by atoms with Crippen LogP contribution in [0.5, 0.6) is 0 Å². The molecule has 0 aromatic heterocycles. The highest BCUT2D eigenvalue weighted by atomic mass is 79.9. The van der Waals surface area contributed by atoms with Crippen LogP contribution in [0.15, 0.2) is 94.3 Å². The van der Waals surface area contributed by atoms with Gasteiger partial charge in [-0.15, -0.1) is 0 Å². The molecule has 0 heterocycles. The number of hydrogen-bond acceptors (Lipinski definition) is 5. The maximum atomic E-state index is 14.8. The number of amides is 1. The molecule has 0 saturated carbocycles. The Morgan fingerprint density at radius 1 is 0.952 bits per heavy atom. The average molecular weight is 674 g/mol. The topological polar surface area (TPSA) is 92.8 Å². The summed E-state index contributed by atoms with van der Waals surface area (Å²) in [5.74, 6) is -2.17. The van der Waals surface area contributed by atoms with Crippen LogP contribution in [-0.4, -0.2) is 31.2 Å². The third-order valence-electron chi connectivity index (χ3n) is 6.43. The Balaban J connectivity index is 1.67. The fourth-order valence-corrected chi connectivity index (χ4v) is 5.99. The van der Waals surface area contributed by atoms with Gasteiger partial charge in [0, 0.05) is 28.3 Å². The number of anilines is 1. The second kappa shape index (κ2) is 13.6. The zero-order chi connectivity index (χ0) is 30.4. The van der Waals surface area contributed by atoms with Crippen LogP contribution >= 0.6 is 27.5 Å². The molecule has 0 unspecified atom stereocenters. The lowest BCUT2D eigenvalue weighted by molar-refractivity contribution is 0.0526. The minimum Gasteiger partial charge on any atom is -0.462 e. The van der Waals surface area contributed by atoms with E-state index in [1.165, 1.54) is 4.31 Å². The van der Waals surface area contributed by atoms with Gasteiger partial charge >= 0.3 is 5.97 Å². The van der Waals surface area contributed by atoms with Gasteiger partial charge in [0.25, 0.3) is 5.91 Å². The number of carbonyl (C=O) groups excluding carboxylic acids is 2. The van der Waals surface area contributed by atoms with E-state index in [2.05, 4.69) is 21.2 Å². The molecule has 218 valence electrons. The number of hydrogen-bond donors (Lipinski definition) is 1. The van der Waals surface area contributed by atoms with Crippen molar-refractivity contribution >= 4 is 55.1 Å². The summed E-state index contributed by atoms with van der Waals surface area (Å²) in [6.07, 6.45) is 0. The number of nitrogens with one attached hydrogen (secondary N) is 1. The Bertz CT molecular complexity index is 1710. The molecular weight excluding hydrogens is 647 g/mol. The van der Waals surface area contributed by atoms with Gasteiger partial charge in [-0.3, -0.25) is 4.79 Å². The van der Waals surface area contributed by atoms with Crippen molar-refractivity contribution in [1.29, 1.82) is 0 Å². The number of sulfonamides is 1. The van der Waals surface area contributed by atoms with Crippen LogP contribution in [0, 0.1) is 12.7 Å². The van der Waals surface area contributed by atoms with E-state index in [-0.39, 0.29) is 24.6 Å². The zero-order valence-corrected chi connectivity index (χ0v) is 25.9. The van der Waals surface area contributed by atoms with Crippen molar-refractivity contribution in [3.8, 4) is 0 Å². The van der Waals surface area contributed by atoms with Crippen molar-refractivity contribution in [2.75, 3.05) is 11.9 Å². The van der Waals surface area contributed by atoms with Crippen LogP contribution < -0.4 is 5.32 Å². The normalized spacial score (nSPS) is 11.4. The van der Waals surface area contributed by atoms with Gasteiger partial charge < -0.3 is 10.1 Å². The van der Waals surface area contributed by atoms with E-state index in [4.69, 9.17) is 16.3 Å². The van der Waals surface area contributed by atoms with E-state index >= 15 is 0 Å². The Labute approximate surface area is 257 Å². The average Bonchev–Trinajstić information content (AvgIpc) is 2.96. The molecule has 42 heavy (non-hydrogen) atoms. The SMILES string of the molecule is CCOC(=O)c1ccc(CN(Cc2ccc(Br)cc2)S(=O)(=O)c2ccc(F)c(C(=O)Nc3cccc(Cl)c3C)c2)cc1. The van der Waals surface area contributed by atoms with Crippen LogP contribution in [0.2, 0.25) is 5.02 Å². The molecule has 0 radical (unpaired) electrons. The fourth-order valence-electron chi connectivity index (χ4n) is 4.10. The van der Waals surface area contributed by atoms with Gasteiger partial charge in [0.1, 0.15) is 5.82 Å². The molecule has 4 aromatic carbocycles. The van der Waals surface area contributed by atoms with Gasteiger partial charge in [-0.2, -0.15) is 4.31 Å². The predicted octanol–water partition coefficient (Wildman–Crippen LogP) is 7.37. The molecule has 0 fully saturated rings. The van der Waals surface area contributed by atoms with Gasteiger partial charge in [0.2, 0.25) is 10.0 Å². The molecule has 7 nitrogen and oxygen atoms in total. The number of esters is 1. The van der Waals surface area contributed by atoms with Crippen LogP contribution in [0.1, 0.15) is 44.3 Å². The highest BCUT2D eigenvalue weighted by molar-refractivity contribution is 9.10. The molecular formula is C31H27BrClFN2O5S. The third-order valence-corrected chi connectivity index (χ3v) is 9.16. The van der Waals surface area contributed by atoms with Crippen LogP contribution in [0.4, 0.5) is 10.1 Å². The number of nitrogens with zero attached hydrogens (tertiary/aromatic N) is 1. The minimum atomic E-state index is -4.24. The van der Waals surface area contributed by atoms with Gasteiger partial charge in [-0.05, 0) is 85.1 Å². The Hall–Kier alpha value is -3.57. The van der Waals surface area contributed by atoms with E-state index in [1.54, 1.807) is 80.6 Å². The molecule has 11 heteroatoms. The Morgan fingerprint density at radius 2 is 1.57 bits per heavy atom. The van der Waals surface area contributed by atoms with Crippen LogP contribution in [0.25, 0.3) is 0 Å². The van der Waals surface area contributed by atoms with Gasteiger partial charge in [0.15, 0.2) is 0 Å². The van der Waals surface area contributed by atoms with E-state index in [1.807, 2.05) is 0 Å². The second-order valence-electron chi connectivity index (χ2n) is 9.33. The lowest BCUT2D eigenvalue weighted by Gasteiger charge is -2.23. The molecule has 0 aliphatic heterocycles. The van der Waals surface area contributed by atoms with E-state index in [0.29, 0.717) is 33.0 Å². The number of ether oxygens (including phenoxy) is 1. The molecule has 1 amide bonds. The molecule has 4 aromatic rings. The third kappa shape index (κ3) is 7.43. The lowest BCUT2D eigenvalue weighted by Crippen LogP contribution is -2.30. The van der Waals surface area contributed by atoms with Crippen molar-refractivity contribution in [3.05, 3.63) is 128 Å². The highest BCUT2D eigenvalue weighted by Gasteiger charge is 2.27. The van der Waals surface area contributed by atoms with Crippen molar-refractivity contribution in [3.63, 3.8) is 0 Å². The predicted molar refractivity (Wildman–Crippen MR) is 164 cm³/mol. The quantitative estimate of drug-likeness (QED) is 0.178. The number of halogens is 3. The first-order valence-electron chi connectivity index (χ1n) is 12.9. The summed E-state index contributed by atoms with van der Waals surface area (Å²) in [4.78, 5) is 24.9. The molecule has 4 rings (SSSR count). The summed E-state index contributed by atoms with van der Waals surface area (Å²) in [6.45, 7) is 3.59. The van der Waals surface area contributed by atoms with Gasteiger partial charge in [0.05, 0.1) is 22.6 Å². The van der Waals surface area contributed by atoms with E-state index in [0.717, 1.165) is 22.7 Å². The zero-order valence-electron chi connectivity index (χ0n) is 22.7. The largest absolute Gasteiger partial charge is 0.462 e. The minimum absolute atomic E-state index is 0.00411. The maximum absolute atomic E-state index is 14.8. The molecule has 0 aliphatic carbocycles. The summed E-state index contributed by atoms with van der Waals surface area (Å²) in [5, 5.41) is 3.03. The van der Waals surface area contributed by atoms with Crippen LogP contribution in [-0.2, 0) is 27.8 Å². The first-order valence-corrected chi connectivity index (χ1v) is 15.5. The Morgan fingerprint density at radius 3 is 2.19 bits per heavy atom. The van der Waals surface area contributed by atoms with Gasteiger partial charge in [-0.1, -0.05) is 57.9 Å². The molecule has 0 saturated heterocycles. The Kier molecular flexibility index (Phi) is 10.2. The van der Waals surface area contributed by atoms with Crippen molar-refractivity contribution in [2.45, 2.75) is 31.8 Å². The lowest BCUT2D eigenvalue weighted by atomic mass is 10.1. The summed E-state index contributed by atoms with van der Waals surface area (Å²) < 4.78 is 49.9. The van der Waals surface area contributed by atoms with E-state index in [9.17, 15) is 22.4 Å². The fraction of sp³-hybridized carbons (Fsp3) is 0.161. The summed E-state index contributed by atoms with van der Waals surface area (Å²) in [5.41, 5.74) is 2.20. The van der Waals surface area contributed by atoms with Crippen LogP contribution in [0.3, 0.4) is 0 Å². The molecule has 0 atom stereocenters.